The van der Waals surface area contributed by atoms with E-state index in [4.69, 9.17) is 4.74 Å². The topological polar surface area (TPSA) is 73.4 Å². The molecule has 4 aromatic rings. The molecule has 0 aliphatic carbocycles. The van der Waals surface area contributed by atoms with Gasteiger partial charge in [0.15, 0.2) is 17.4 Å². The number of benzene rings is 1. The van der Waals surface area contributed by atoms with Crippen molar-refractivity contribution in [1.29, 1.82) is 0 Å². The summed E-state index contributed by atoms with van der Waals surface area (Å²) < 4.78 is 23.7. The van der Waals surface area contributed by atoms with Crippen LogP contribution in [0.25, 0.3) is 27.8 Å². The fraction of sp³-hybridized carbons (Fsp3) is 0.400. The largest absolute Gasteiger partial charge is 0.493 e. The highest BCUT2D eigenvalue weighted by Crippen LogP contribution is 2.30. The van der Waals surface area contributed by atoms with Crippen molar-refractivity contribution >= 4 is 16.6 Å². The molecule has 1 aliphatic heterocycles. The zero-order chi connectivity index (χ0) is 20.1. The van der Waals surface area contributed by atoms with E-state index in [9.17, 15) is 4.39 Å². The highest BCUT2D eigenvalue weighted by molar-refractivity contribution is 5.84. The van der Waals surface area contributed by atoms with Crippen molar-refractivity contribution in [3.05, 3.63) is 36.0 Å². The van der Waals surface area contributed by atoms with Crippen LogP contribution in [-0.2, 0) is 0 Å². The number of ether oxygens (including phenoxy) is 1. The zero-order valence-corrected chi connectivity index (χ0v) is 16.6. The molecule has 1 aromatic carbocycles. The van der Waals surface area contributed by atoms with E-state index in [0.717, 1.165) is 31.3 Å². The first kappa shape index (κ1) is 18.0. The van der Waals surface area contributed by atoms with Gasteiger partial charge in [-0.3, -0.25) is 4.68 Å². The monoisotopic (exact) mass is 395 g/mol. The second-order valence-electron chi connectivity index (χ2n) is 7.61. The lowest BCUT2D eigenvalue weighted by molar-refractivity contribution is 0.213. The lowest BCUT2D eigenvalue weighted by Gasteiger charge is -2.28. The number of likely N-dealkylation sites (tertiary alicyclic amines) is 1. The van der Waals surface area contributed by atoms with Gasteiger partial charge in [-0.2, -0.15) is 5.10 Å². The lowest BCUT2D eigenvalue weighted by atomic mass is 10.1. The number of aromatic nitrogens is 6. The van der Waals surface area contributed by atoms with Gasteiger partial charge in [-0.25, -0.2) is 9.37 Å². The van der Waals surface area contributed by atoms with E-state index in [1.54, 1.807) is 20.1 Å². The molecule has 4 heterocycles. The lowest BCUT2D eigenvalue weighted by Crippen LogP contribution is -2.31. The van der Waals surface area contributed by atoms with Crippen molar-refractivity contribution in [2.45, 2.75) is 25.8 Å². The first-order valence-electron chi connectivity index (χ1n) is 9.68. The van der Waals surface area contributed by atoms with Crippen LogP contribution in [0.15, 0.2) is 24.4 Å². The van der Waals surface area contributed by atoms with Gasteiger partial charge in [0.05, 0.1) is 18.8 Å². The molecule has 1 aliphatic rings. The minimum absolute atomic E-state index is 0.300. The number of hydrogen-bond donors (Lipinski definition) is 0. The van der Waals surface area contributed by atoms with E-state index in [0.29, 0.717) is 40.0 Å². The van der Waals surface area contributed by atoms with E-state index in [1.807, 2.05) is 16.9 Å². The summed E-state index contributed by atoms with van der Waals surface area (Å²) in [6.45, 7) is 3.84. The highest BCUT2D eigenvalue weighted by atomic mass is 19.1. The second kappa shape index (κ2) is 6.77. The van der Waals surface area contributed by atoms with Crippen LogP contribution >= 0.6 is 0 Å². The van der Waals surface area contributed by atoms with Gasteiger partial charge >= 0.3 is 0 Å². The average Bonchev–Trinajstić information content (AvgIpc) is 3.30. The van der Waals surface area contributed by atoms with Gasteiger partial charge in [-0.05, 0) is 52.0 Å². The summed E-state index contributed by atoms with van der Waals surface area (Å²) >= 11 is 0. The van der Waals surface area contributed by atoms with Crippen molar-refractivity contribution in [2.75, 3.05) is 27.2 Å². The second-order valence-corrected chi connectivity index (χ2v) is 7.61. The molecular weight excluding hydrogens is 373 g/mol. The van der Waals surface area contributed by atoms with E-state index in [-0.39, 0.29) is 5.82 Å². The highest BCUT2D eigenvalue weighted by Gasteiger charge is 2.21. The van der Waals surface area contributed by atoms with Crippen molar-refractivity contribution < 1.29 is 9.13 Å². The summed E-state index contributed by atoms with van der Waals surface area (Å²) in [5.74, 6) is 0.770. The molecule has 0 spiro atoms. The van der Waals surface area contributed by atoms with Crippen LogP contribution in [0.5, 0.6) is 5.75 Å². The van der Waals surface area contributed by atoms with Crippen LogP contribution < -0.4 is 4.74 Å². The molecule has 0 radical (unpaired) electrons. The summed E-state index contributed by atoms with van der Waals surface area (Å²) in [6, 6.07) is 5.43. The van der Waals surface area contributed by atoms with Crippen molar-refractivity contribution in [1.82, 2.24) is 34.5 Å². The summed E-state index contributed by atoms with van der Waals surface area (Å²) in [5, 5.41) is 14.0. The van der Waals surface area contributed by atoms with Gasteiger partial charge < -0.3 is 9.64 Å². The molecule has 1 fully saturated rings. The molecule has 0 bridgehead atoms. The molecule has 0 N–H and O–H groups in total. The van der Waals surface area contributed by atoms with Crippen LogP contribution in [0, 0.1) is 12.7 Å². The Labute approximate surface area is 166 Å². The van der Waals surface area contributed by atoms with E-state index >= 15 is 0 Å². The summed E-state index contributed by atoms with van der Waals surface area (Å²) in [7, 11) is 3.69. The van der Waals surface area contributed by atoms with Crippen LogP contribution in [0.2, 0.25) is 0 Å². The smallest absolute Gasteiger partial charge is 0.218 e. The molecule has 1 saturated heterocycles. The Hall–Kier alpha value is -3.07. The van der Waals surface area contributed by atoms with E-state index < -0.39 is 0 Å². The molecule has 0 unspecified atom stereocenters. The third-order valence-electron chi connectivity index (χ3n) is 5.54. The predicted molar refractivity (Wildman–Crippen MR) is 107 cm³/mol. The van der Waals surface area contributed by atoms with Crippen molar-refractivity contribution in [2.24, 2.45) is 0 Å². The molecule has 3 aromatic heterocycles. The number of fused-ring (bicyclic) bond motifs is 2. The SMILES string of the molecule is COc1cc(-c2cc(F)c3nn(C4CCN(C)CC4)cc3c2)nn2nc(C)nc12. The fourth-order valence-electron chi connectivity index (χ4n) is 3.94. The predicted octanol–water partition coefficient (Wildman–Crippen LogP) is 2.86. The van der Waals surface area contributed by atoms with E-state index in [2.05, 4.69) is 32.2 Å². The summed E-state index contributed by atoms with van der Waals surface area (Å²) in [4.78, 5) is 6.63. The molecule has 29 heavy (non-hydrogen) atoms. The first-order valence-corrected chi connectivity index (χ1v) is 9.68. The number of methoxy groups -OCH3 is 1. The minimum Gasteiger partial charge on any atom is -0.493 e. The molecule has 0 atom stereocenters. The molecule has 0 saturated carbocycles. The van der Waals surface area contributed by atoms with Gasteiger partial charge in [0, 0.05) is 23.2 Å². The van der Waals surface area contributed by atoms with E-state index in [1.165, 1.54) is 10.7 Å². The molecule has 150 valence electrons. The van der Waals surface area contributed by atoms with Gasteiger partial charge in [0.25, 0.3) is 0 Å². The third kappa shape index (κ3) is 3.11. The van der Waals surface area contributed by atoms with Crippen LogP contribution in [-0.4, -0.2) is 61.7 Å². The Bertz CT molecular complexity index is 1210. The number of hydrogen-bond acceptors (Lipinski definition) is 6. The normalized spacial score (nSPS) is 16.1. The Balaban J connectivity index is 1.58. The molecule has 8 nitrogen and oxygen atoms in total. The Morgan fingerprint density at radius 1 is 1.10 bits per heavy atom. The summed E-state index contributed by atoms with van der Waals surface area (Å²) in [5.41, 5.74) is 2.13. The van der Waals surface area contributed by atoms with Crippen molar-refractivity contribution in [3.8, 4) is 17.0 Å². The maximum atomic E-state index is 14.9. The van der Waals surface area contributed by atoms with Gasteiger partial charge in [-0.15, -0.1) is 14.8 Å². The number of nitrogens with zero attached hydrogens (tertiary/aromatic N) is 7. The van der Waals surface area contributed by atoms with Gasteiger partial charge in [-0.1, -0.05) is 0 Å². The molecule has 0 amide bonds. The minimum atomic E-state index is -0.361. The van der Waals surface area contributed by atoms with Gasteiger partial charge in [0.2, 0.25) is 5.65 Å². The Morgan fingerprint density at radius 3 is 2.66 bits per heavy atom. The quantitative estimate of drug-likeness (QED) is 0.531. The third-order valence-corrected chi connectivity index (χ3v) is 5.54. The van der Waals surface area contributed by atoms with Crippen LogP contribution in [0.3, 0.4) is 0 Å². The van der Waals surface area contributed by atoms with Gasteiger partial charge in [0.1, 0.15) is 5.52 Å². The first-order chi connectivity index (χ1) is 14.0. The fourth-order valence-corrected chi connectivity index (χ4v) is 3.94. The van der Waals surface area contributed by atoms with Crippen molar-refractivity contribution in [3.63, 3.8) is 0 Å². The Kier molecular flexibility index (Phi) is 4.20. The number of piperidine rings is 1. The zero-order valence-electron chi connectivity index (χ0n) is 16.6. The number of halogens is 1. The standard InChI is InChI=1S/C20H22FN7O/c1-12-22-20-18(29-3)10-17(24-28(20)23-12)13-8-14-11-27(25-19(14)16(21)9-13)15-4-6-26(2)7-5-15/h8-11,15H,4-7H2,1-3H3. The Morgan fingerprint density at radius 2 is 1.90 bits per heavy atom. The number of aryl methyl sites for hydroxylation is 1. The molecular formula is C20H22FN7O. The molecule has 9 heteroatoms. The summed E-state index contributed by atoms with van der Waals surface area (Å²) in [6.07, 6.45) is 3.97. The number of rotatable bonds is 3. The molecule has 5 rings (SSSR count). The maximum Gasteiger partial charge on any atom is 0.218 e. The van der Waals surface area contributed by atoms with Crippen LogP contribution in [0.1, 0.15) is 24.7 Å². The maximum absolute atomic E-state index is 14.9. The van der Waals surface area contributed by atoms with Crippen LogP contribution in [0.4, 0.5) is 4.39 Å². The average molecular weight is 395 g/mol.